The summed E-state index contributed by atoms with van der Waals surface area (Å²) in [5.41, 5.74) is 7.72. The third-order valence-electron chi connectivity index (χ3n) is 7.58. The molecule has 0 spiro atoms. The lowest BCUT2D eigenvalue weighted by Gasteiger charge is -2.54. The molecular formula is C23H27N5O2. The molecule has 4 bridgehead atoms. The first-order valence-corrected chi connectivity index (χ1v) is 11.1. The molecule has 5 aliphatic rings. The fourth-order valence-corrected chi connectivity index (χ4v) is 6.57. The summed E-state index contributed by atoms with van der Waals surface area (Å²) in [6.45, 7) is 0.707. The van der Waals surface area contributed by atoms with Crippen LogP contribution in [0.25, 0.3) is 0 Å². The molecule has 156 valence electrons. The minimum atomic E-state index is 0.0588. The number of nitrogens with two attached hydrogens (primary N) is 1. The van der Waals surface area contributed by atoms with Crippen molar-refractivity contribution in [1.82, 2.24) is 15.3 Å². The van der Waals surface area contributed by atoms with Crippen LogP contribution in [0, 0.1) is 23.7 Å². The van der Waals surface area contributed by atoms with Crippen molar-refractivity contribution < 1.29 is 9.53 Å². The molecule has 7 nitrogen and oxygen atoms in total. The lowest BCUT2D eigenvalue weighted by Crippen LogP contribution is -2.57. The van der Waals surface area contributed by atoms with Gasteiger partial charge in [-0.25, -0.2) is 9.78 Å². The Bertz CT molecular complexity index is 965. The van der Waals surface area contributed by atoms with Crippen molar-refractivity contribution >= 4 is 17.7 Å². The number of aromatic nitrogens is 2. The van der Waals surface area contributed by atoms with Crippen molar-refractivity contribution in [3.63, 3.8) is 0 Å². The molecule has 3 N–H and O–H groups in total. The number of nitrogen functional groups attached to an aromatic ring is 1. The number of hydrogen-bond donors (Lipinski definition) is 2. The van der Waals surface area contributed by atoms with Gasteiger partial charge in [0.15, 0.2) is 0 Å². The van der Waals surface area contributed by atoms with E-state index in [1.165, 1.54) is 32.1 Å². The maximum absolute atomic E-state index is 13.2. The van der Waals surface area contributed by atoms with E-state index >= 15 is 0 Å². The monoisotopic (exact) mass is 405 g/mol. The highest BCUT2D eigenvalue weighted by molar-refractivity contribution is 5.94. The van der Waals surface area contributed by atoms with Gasteiger partial charge in [-0.15, -0.1) is 0 Å². The van der Waals surface area contributed by atoms with Gasteiger partial charge in [-0.1, -0.05) is 0 Å². The molecule has 1 aliphatic heterocycles. The Morgan fingerprint density at radius 1 is 1.10 bits per heavy atom. The molecule has 2 heterocycles. The number of carbonyl (C=O) groups is 1. The third kappa shape index (κ3) is 3.07. The minimum Gasteiger partial charge on any atom is -0.439 e. The van der Waals surface area contributed by atoms with Gasteiger partial charge in [0.2, 0.25) is 11.8 Å². The summed E-state index contributed by atoms with van der Waals surface area (Å²) in [6, 6.07) is 7.94. The van der Waals surface area contributed by atoms with Crippen molar-refractivity contribution in [3.8, 4) is 11.6 Å². The molecule has 0 atom stereocenters. The number of carbonyl (C=O) groups excluding carboxylic acids is 1. The fraction of sp³-hybridized carbons (Fsp3) is 0.522. The first-order chi connectivity index (χ1) is 14.6. The molecule has 1 aromatic carbocycles. The van der Waals surface area contributed by atoms with Gasteiger partial charge in [0.05, 0.1) is 0 Å². The van der Waals surface area contributed by atoms with Crippen LogP contribution >= 0.6 is 0 Å². The van der Waals surface area contributed by atoms with Crippen LogP contribution in [0.4, 0.5) is 16.4 Å². The molecule has 4 aliphatic carbocycles. The molecular weight excluding hydrogens is 378 g/mol. The van der Waals surface area contributed by atoms with E-state index < -0.39 is 0 Å². The standard InChI is InChI=1S/C23H27N5O2/c24-22-25-5-3-20(26-22)30-18-1-2-19-15(12-18)4-6-28(19)23(29)27-21-16-8-13-7-14(10-16)11-17(21)9-13/h1-3,5,12-14,16-17,21H,4,6-11H2,(H,27,29)(H2,24,25,26). The van der Waals surface area contributed by atoms with Crippen molar-refractivity contribution in [2.24, 2.45) is 23.7 Å². The second-order valence-corrected chi connectivity index (χ2v) is 9.45. The summed E-state index contributed by atoms with van der Waals surface area (Å²) in [5.74, 6) is 4.48. The van der Waals surface area contributed by atoms with Gasteiger partial charge in [0.25, 0.3) is 0 Å². The molecule has 2 aromatic rings. The predicted octanol–water partition coefficient (Wildman–Crippen LogP) is 3.75. The molecule has 7 heteroatoms. The Morgan fingerprint density at radius 2 is 1.87 bits per heavy atom. The van der Waals surface area contributed by atoms with Crippen LogP contribution in [-0.2, 0) is 6.42 Å². The number of amides is 2. The van der Waals surface area contributed by atoms with Gasteiger partial charge in [-0.3, -0.25) is 4.90 Å². The zero-order valence-electron chi connectivity index (χ0n) is 17.0. The quantitative estimate of drug-likeness (QED) is 0.811. The maximum Gasteiger partial charge on any atom is 0.322 e. The zero-order chi connectivity index (χ0) is 20.2. The first kappa shape index (κ1) is 18.0. The average molecular weight is 406 g/mol. The number of ether oxygens (including phenoxy) is 1. The molecule has 2 amide bonds. The summed E-state index contributed by atoms with van der Waals surface area (Å²) in [7, 11) is 0. The predicted molar refractivity (Wildman–Crippen MR) is 113 cm³/mol. The summed E-state index contributed by atoms with van der Waals surface area (Å²) in [6.07, 6.45) is 9.06. The van der Waals surface area contributed by atoms with Crippen molar-refractivity contribution in [1.29, 1.82) is 0 Å². The molecule has 30 heavy (non-hydrogen) atoms. The molecule has 4 saturated carbocycles. The fourth-order valence-electron chi connectivity index (χ4n) is 6.57. The number of rotatable bonds is 3. The minimum absolute atomic E-state index is 0.0588. The normalized spacial score (nSPS) is 30.9. The molecule has 0 radical (unpaired) electrons. The number of nitrogens with zero attached hydrogens (tertiary/aromatic N) is 3. The van der Waals surface area contributed by atoms with Crippen LogP contribution < -0.4 is 20.7 Å². The number of benzene rings is 1. The van der Waals surface area contributed by atoms with Crippen LogP contribution in [0.2, 0.25) is 0 Å². The number of fused-ring (bicyclic) bond motifs is 1. The zero-order valence-corrected chi connectivity index (χ0v) is 17.0. The van der Waals surface area contributed by atoms with Crippen molar-refractivity contribution in [2.45, 2.75) is 44.6 Å². The van der Waals surface area contributed by atoms with E-state index in [1.54, 1.807) is 12.3 Å². The molecule has 4 fully saturated rings. The van der Waals surface area contributed by atoms with E-state index in [0.29, 0.717) is 36.1 Å². The molecule has 7 rings (SSSR count). The highest BCUT2D eigenvalue weighted by atomic mass is 16.5. The summed E-state index contributed by atoms with van der Waals surface area (Å²) in [4.78, 5) is 23.0. The van der Waals surface area contributed by atoms with E-state index in [4.69, 9.17) is 10.5 Å². The lowest BCUT2D eigenvalue weighted by molar-refractivity contribution is -0.00909. The number of urea groups is 1. The molecule has 1 aromatic heterocycles. The molecule has 0 unspecified atom stereocenters. The van der Waals surface area contributed by atoms with Gasteiger partial charge in [0, 0.05) is 30.5 Å². The maximum atomic E-state index is 13.2. The highest BCUT2D eigenvalue weighted by Crippen LogP contribution is 2.53. The van der Waals surface area contributed by atoms with Crippen LogP contribution in [0.5, 0.6) is 11.6 Å². The smallest absolute Gasteiger partial charge is 0.322 e. The largest absolute Gasteiger partial charge is 0.439 e. The van der Waals surface area contributed by atoms with Gasteiger partial charge in [-0.05, 0) is 86.0 Å². The average Bonchev–Trinajstić information content (AvgIpc) is 3.13. The topological polar surface area (TPSA) is 93.4 Å². The van der Waals surface area contributed by atoms with Crippen LogP contribution in [0.15, 0.2) is 30.5 Å². The lowest BCUT2D eigenvalue weighted by atomic mass is 9.54. The van der Waals surface area contributed by atoms with E-state index in [2.05, 4.69) is 15.3 Å². The van der Waals surface area contributed by atoms with E-state index in [9.17, 15) is 4.79 Å². The van der Waals surface area contributed by atoms with E-state index in [-0.39, 0.29) is 12.0 Å². The van der Waals surface area contributed by atoms with E-state index in [0.717, 1.165) is 29.5 Å². The van der Waals surface area contributed by atoms with Crippen molar-refractivity contribution in [2.75, 3.05) is 17.2 Å². The van der Waals surface area contributed by atoms with Gasteiger partial charge in [0.1, 0.15) is 5.75 Å². The van der Waals surface area contributed by atoms with Crippen LogP contribution in [-0.4, -0.2) is 28.6 Å². The molecule has 0 saturated heterocycles. The Morgan fingerprint density at radius 3 is 2.60 bits per heavy atom. The summed E-state index contributed by atoms with van der Waals surface area (Å²) in [5, 5.41) is 3.43. The van der Waals surface area contributed by atoms with Crippen molar-refractivity contribution in [3.05, 3.63) is 36.0 Å². The Balaban J connectivity index is 1.16. The third-order valence-corrected chi connectivity index (χ3v) is 7.58. The van der Waals surface area contributed by atoms with Gasteiger partial charge >= 0.3 is 6.03 Å². The summed E-state index contributed by atoms with van der Waals surface area (Å²) >= 11 is 0. The second kappa shape index (κ2) is 6.86. The first-order valence-electron chi connectivity index (χ1n) is 11.1. The van der Waals surface area contributed by atoms with Crippen LogP contribution in [0.3, 0.4) is 0 Å². The summed E-state index contributed by atoms with van der Waals surface area (Å²) < 4.78 is 5.82. The van der Waals surface area contributed by atoms with E-state index in [1.807, 2.05) is 23.1 Å². The highest BCUT2D eigenvalue weighted by Gasteiger charge is 2.49. The second-order valence-electron chi connectivity index (χ2n) is 9.45. The number of hydrogen-bond acceptors (Lipinski definition) is 5. The number of anilines is 2. The Labute approximate surface area is 176 Å². The SMILES string of the molecule is Nc1nccc(Oc2ccc3c(c2)CCN3C(=O)NC2C3CC4CC(C3)CC2C4)n1. The van der Waals surface area contributed by atoms with Gasteiger partial charge < -0.3 is 15.8 Å². The Hall–Kier alpha value is -2.83. The Kier molecular flexibility index (Phi) is 4.11. The number of nitrogens with one attached hydrogen (secondary N) is 1. The van der Waals surface area contributed by atoms with Crippen LogP contribution in [0.1, 0.15) is 37.7 Å². The van der Waals surface area contributed by atoms with Gasteiger partial charge in [-0.2, -0.15) is 4.98 Å².